The Morgan fingerprint density at radius 3 is 2.43 bits per heavy atom. The van der Waals surface area contributed by atoms with E-state index in [-0.39, 0.29) is 11.0 Å². The van der Waals surface area contributed by atoms with Crippen molar-refractivity contribution in [2.75, 3.05) is 18.0 Å². The van der Waals surface area contributed by atoms with Crippen LogP contribution in [0.5, 0.6) is 0 Å². The number of hydrogen-bond donors (Lipinski definition) is 2. The van der Waals surface area contributed by atoms with Gasteiger partial charge in [-0.3, -0.25) is 4.98 Å². The van der Waals surface area contributed by atoms with E-state index in [2.05, 4.69) is 28.7 Å². The molecule has 0 unspecified atom stereocenters. The number of pyridine rings is 1. The number of anilines is 1. The van der Waals surface area contributed by atoms with Gasteiger partial charge in [0.2, 0.25) is 0 Å². The van der Waals surface area contributed by atoms with E-state index >= 15 is 0 Å². The fourth-order valence-corrected chi connectivity index (χ4v) is 4.69. The van der Waals surface area contributed by atoms with E-state index in [1.54, 1.807) is 17.6 Å². The number of aryl methyl sites for hydroxylation is 1. The third-order valence-corrected chi connectivity index (χ3v) is 6.86. The number of carboxylic acid groups (broad SMARTS) is 1. The molecule has 0 amide bonds. The number of benzene rings is 1. The summed E-state index contributed by atoms with van der Waals surface area (Å²) in [5, 5.41) is 25.1. The normalized spacial score (nSPS) is 16.4. The Hall–Kier alpha value is -3.78. The first-order valence-corrected chi connectivity index (χ1v) is 11.8. The zero-order valence-electron chi connectivity index (χ0n) is 20.1. The van der Waals surface area contributed by atoms with Gasteiger partial charge in [0.25, 0.3) is 0 Å². The summed E-state index contributed by atoms with van der Waals surface area (Å²) in [4.78, 5) is 23.1. The van der Waals surface area contributed by atoms with Gasteiger partial charge in [-0.25, -0.2) is 9.78 Å². The summed E-state index contributed by atoms with van der Waals surface area (Å²) in [6, 6.07) is 15.9. The SMILES string of the molecule is Cc1nc2cc(-c3cc(-c4ccccc4)ccn3)nn2c(N2CCC(C)(C)CC2)c1[C@H](O)C(=O)O. The van der Waals surface area contributed by atoms with Gasteiger partial charge < -0.3 is 15.1 Å². The van der Waals surface area contributed by atoms with Crippen LogP contribution >= 0.6 is 0 Å². The van der Waals surface area contributed by atoms with Crippen LogP contribution < -0.4 is 4.90 Å². The Kier molecular flexibility index (Phi) is 5.76. The lowest BCUT2D eigenvalue weighted by molar-refractivity contribution is -0.147. The molecule has 1 saturated heterocycles. The van der Waals surface area contributed by atoms with Crippen molar-refractivity contribution in [2.24, 2.45) is 5.41 Å². The number of fused-ring (bicyclic) bond motifs is 1. The van der Waals surface area contributed by atoms with Crippen LogP contribution in [-0.2, 0) is 4.79 Å². The fraction of sp³-hybridized carbons (Fsp3) is 0.333. The second-order valence-corrected chi connectivity index (χ2v) is 9.92. The summed E-state index contributed by atoms with van der Waals surface area (Å²) >= 11 is 0. The predicted octanol–water partition coefficient (Wildman–Crippen LogP) is 4.51. The summed E-state index contributed by atoms with van der Waals surface area (Å²) in [6.07, 6.45) is 1.97. The number of aromatic nitrogens is 4. The Morgan fingerprint density at radius 2 is 1.74 bits per heavy atom. The molecular weight excluding hydrogens is 442 g/mol. The molecule has 3 aromatic heterocycles. The van der Waals surface area contributed by atoms with E-state index < -0.39 is 12.1 Å². The molecular formula is C27H29N5O3. The molecule has 8 nitrogen and oxygen atoms in total. The molecule has 0 bridgehead atoms. The lowest BCUT2D eigenvalue weighted by atomic mass is 9.82. The van der Waals surface area contributed by atoms with Crippen molar-refractivity contribution >= 4 is 17.4 Å². The summed E-state index contributed by atoms with van der Waals surface area (Å²) in [6.45, 7) is 7.69. The van der Waals surface area contributed by atoms with E-state index in [1.165, 1.54) is 0 Å². The first-order chi connectivity index (χ1) is 16.7. The topological polar surface area (TPSA) is 104 Å². The third kappa shape index (κ3) is 4.37. The van der Waals surface area contributed by atoms with Gasteiger partial charge in [0.15, 0.2) is 11.8 Å². The van der Waals surface area contributed by atoms with Crippen LogP contribution in [0.15, 0.2) is 54.7 Å². The molecule has 1 atom stereocenters. The second-order valence-electron chi connectivity index (χ2n) is 9.92. The number of carbonyl (C=O) groups is 1. The van der Waals surface area contributed by atoms with E-state index in [0.29, 0.717) is 28.5 Å². The molecule has 0 aliphatic carbocycles. The van der Waals surface area contributed by atoms with Crippen LogP contribution in [0.3, 0.4) is 0 Å². The maximum atomic E-state index is 11.8. The Balaban J connectivity index is 1.65. The molecule has 1 aromatic carbocycles. The van der Waals surface area contributed by atoms with Crippen molar-refractivity contribution in [1.29, 1.82) is 0 Å². The zero-order chi connectivity index (χ0) is 24.7. The molecule has 2 N–H and O–H groups in total. The van der Waals surface area contributed by atoms with Gasteiger partial charge in [0.1, 0.15) is 11.5 Å². The molecule has 1 aliphatic heterocycles. The number of aliphatic hydroxyl groups excluding tert-OH is 1. The van der Waals surface area contributed by atoms with Gasteiger partial charge in [0.05, 0.1) is 11.3 Å². The Morgan fingerprint density at radius 1 is 1.03 bits per heavy atom. The van der Waals surface area contributed by atoms with Crippen LogP contribution in [0, 0.1) is 12.3 Å². The highest BCUT2D eigenvalue weighted by molar-refractivity contribution is 5.78. The Labute approximate surface area is 203 Å². The molecule has 35 heavy (non-hydrogen) atoms. The van der Waals surface area contributed by atoms with Gasteiger partial charge in [-0.1, -0.05) is 44.2 Å². The number of carboxylic acids is 1. The first-order valence-electron chi connectivity index (χ1n) is 11.8. The number of aliphatic hydroxyl groups is 1. The van der Waals surface area contributed by atoms with Crippen molar-refractivity contribution in [3.05, 3.63) is 66.0 Å². The highest BCUT2D eigenvalue weighted by Crippen LogP contribution is 2.37. The van der Waals surface area contributed by atoms with Gasteiger partial charge in [-0.2, -0.15) is 9.61 Å². The molecule has 4 heterocycles. The van der Waals surface area contributed by atoms with Crippen LogP contribution in [0.4, 0.5) is 5.82 Å². The van der Waals surface area contributed by atoms with E-state index in [4.69, 9.17) is 5.10 Å². The predicted molar refractivity (Wildman–Crippen MR) is 134 cm³/mol. The molecule has 0 saturated carbocycles. The maximum Gasteiger partial charge on any atom is 0.337 e. The van der Waals surface area contributed by atoms with Crippen molar-refractivity contribution in [3.8, 4) is 22.5 Å². The molecule has 5 rings (SSSR count). The van der Waals surface area contributed by atoms with E-state index in [1.807, 2.05) is 48.5 Å². The van der Waals surface area contributed by atoms with Gasteiger partial charge in [-0.05, 0) is 48.4 Å². The summed E-state index contributed by atoms with van der Waals surface area (Å²) < 4.78 is 1.67. The first kappa shape index (κ1) is 23.0. The van der Waals surface area contributed by atoms with Gasteiger partial charge in [0, 0.05) is 31.0 Å². The summed E-state index contributed by atoms with van der Waals surface area (Å²) in [5.74, 6) is -0.721. The number of piperidine rings is 1. The molecule has 1 fully saturated rings. The largest absolute Gasteiger partial charge is 0.479 e. The van der Waals surface area contributed by atoms with Crippen LogP contribution in [0.1, 0.15) is 44.1 Å². The van der Waals surface area contributed by atoms with Gasteiger partial charge >= 0.3 is 5.97 Å². The van der Waals surface area contributed by atoms with Crippen LogP contribution in [0.2, 0.25) is 0 Å². The number of aliphatic carboxylic acids is 1. The van der Waals surface area contributed by atoms with E-state index in [9.17, 15) is 15.0 Å². The molecule has 4 aromatic rings. The standard InChI is InChI=1S/C27H29N5O3/c1-17-23(24(33)26(34)35)25(31-13-10-27(2,3)11-14-31)32-22(29-17)16-21(30-32)20-15-19(9-12-28-20)18-7-5-4-6-8-18/h4-9,12,15-16,24,33H,10-11,13-14H2,1-3H3,(H,34,35)/t24-/m0/s1. The van der Waals surface area contributed by atoms with Gasteiger partial charge in [-0.15, -0.1) is 0 Å². The highest BCUT2D eigenvalue weighted by atomic mass is 16.4. The molecule has 0 spiro atoms. The summed E-state index contributed by atoms with van der Waals surface area (Å²) in [5.41, 5.74) is 4.99. The minimum Gasteiger partial charge on any atom is -0.479 e. The van der Waals surface area contributed by atoms with Crippen LogP contribution in [-0.4, -0.2) is 48.9 Å². The lowest BCUT2D eigenvalue weighted by Crippen LogP contribution is -2.39. The average Bonchev–Trinajstić information content (AvgIpc) is 3.27. The Bertz CT molecular complexity index is 1390. The fourth-order valence-electron chi connectivity index (χ4n) is 4.69. The highest BCUT2D eigenvalue weighted by Gasteiger charge is 2.33. The smallest absolute Gasteiger partial charge is 0.337 e. The maximum absolute atomic E-state index is 11.8. The average molecular weight is 472 g/mol. The number of nitrogens with zero attached hydrogens (tertiary/aromatic N) is 5. The zero-order valence-corrected chi connectivity index (χ0v) is 20.1. The monoisotopic (exact) mass is 471 g/mol. The van der Waals surface area contributed by atoms with Crippen molar-refractivity contribution in [1.82, 2.24) is 19.6 Å². The van der Waals surface area contributed by atoms with Crippen molar-refractivity contribution < 1.29 is 15.0 Å². The summed E-state index contributed by atoms with van der Waals surface area (Å²) in [7, 11) is 0. The minimum absolute atomic E-state index is 0.209. The molecule has 180 valence electrons. The van der Waals surface area contributed by atoms with E-state index in [0.717, 1.165) is 37.1 Å². The van der Waals surface area contributed by atoms with Crippen molar-refractivity contribution in [3.63, 3.8) is 0 Å². The quantitative estimate of drug-likeness (QED) is 0.441. The third-order valence-electron chi connectivity index (χ3n) is 6.86. The second kappa shape index (κ2) is 8.78. The molecule has 0 radical (unpaired) electrons. The lowest BCUT2D eigenvalue weighted by Gasteiger charge is -2.39. The molecule has 1 aliphatic rings. The number of rotatable bonds is 5. The minimum atomic E-state index is -1.69. The van der Waals surface area contributed by atoms with Crippen molar-refractivity contribution in [2.45, 2.75) is 39.7 Å². The van der Waals surface area contributed by atoms with Crippen LogP contribution in [0.25, 0.3) is 28.2 Å². The molecule has 8 heteroatoms. The number of hydrogen-bond acceptors (Lipinski definition) is 6.